The van der Waals surface area contributed by atoms with Gasteiger partial charge < -0.3 is 4.74 Å². The van der Waals surface area contributed by atoms with Gasteiger partial charge in [0.05, 0.1) is 12.1 Å². The molecule has 0 aliphatic carbocycles. The average Bonchev–Trinajstić information content (AvgIpc) is 2.94. The quantitative estimate of drug-likeness (QED) is 0.706. The van der Waals surface area contributed by atoms with Crippen LogP contribution in [0.5, 0.6) is 0 Å². The molecule has 0 atom stereocenters. The molecule has 0 aliphatic heterocycles. The first-order valence-corrected chi connectivity index (χ1v) is 5.97. The average molecular weight is 247 g/mol. The van der Waals surface area contributed by atoms with E-state index in [2.05, 4.69) is 13.7 Å². The molecule has 0 spiro atoms. The van der Waals surface area contributed by atoms with Crippen LogP contribution < -0.4 is 0 Å². The summed E-state index contributed by atoms with van der Waals surface area (Å²) in [6.07, 6.45) is 1.66. The van der Waals surface area contributed by atoms with Gasteiger partial charge in [0.1, 0.15) is 5.52 Å². The maximum atomic E-state index is 11.7. The maximum absolute atomic E-state index is 11.7. The molecule has 0 bridgehead atoms. The Morgan fingerprint density at radius 2 is 2.35 bits per heavy atom. The predicted octanol–water partition coefficient (Wildman–Crippen LogP) is 2.35. The molecule has 1 N–H and O–H groups in total. The van der Waals surface area contributed by atoms with Crippen molar-refractivity contribution in [3.05, 3.63) is 24.0 Å². The van der Waals surface area contributed by atoms with Crippen LogP contribution in [0.25, 0.3) is 21.8 Å². The molecule has 0 amide bonds. The van der Waals surface area contributed by atoms with E-state index >= 15 is 0 Å². The van der Waals surface area contributed by atoms with Gasteiger partial charge in [0.2, 0.25) is 0 Å². The smallest absolute Gasteiger partial charge is 0.357 e. The summed E-state index contributed by atoms with van der Waals surface area (Å²) in [6, 6.07) is 3.76. The third kappa shape index (κ3) is 1.49. The molecule has 86 valence electrons. The van der Waals surface area contributed by atoms with Crippen molar-refractivity contribution in [3.8, 4) is 0 Å². The number of nitrogens with one attached hydrogen (secondary N) is 1. The highest BCUT2D eigenvalue weighted by Crippen LogP contribution is 2.26. The summed E-state index contributed by atoms with van der Waals surface area (Å²) in [5.74, 6) is -0.388. The molecule has 6 heteroatoms. The molecule has 0 unspecified atom stereocenters. The van der Waals surface area contributed by atoms with Crippen LogP contribution >= 0.6 is 11.7 Å². The molecule has 2 aromatic heterocycles. The number of nitrogens with zero attached hydrogens (tertiary/aromatic N) is 2. The second-order valence-corrected chi connectivity index (χ2v) is 4.10. The van der Waals surface area contributed by atoms with Crippen LogP contribution in [-0.4, -0.2) is 26.3 Å². The van der Waals surface area contributed by atoms with Gasteiger partial charge in [0, 0.05) is 28.7 Å². The molecule has 3 rings (SSSR count). The number of ether oxygens (including phenoxy) is 1. The number of hydrogen-bond donors (Lipinski definition) is 1. The van der Waals surface area contributed by atoms with Gasteiger partial charge in [-0.25, -0.2) is 9.78 Å². The van der Waals surface area contributed by atoms with Crippen molar-refractivity contribution < 1.29 is 9.53 Å². The highest BCUT2D eigenvalue weighted by molar-refractivity contribution is 7.00. The number of aromatic amines is 1. The standard InChI is InChI=1S/C11H9N3O2S/c1-2-16-11(15)10-6-3-4-8-9(14-17-13-8)7(6)5-12-10/h3-5,13H,2H2,1H3. The zero-order valence-electron chi connectivity index (χ0n) is 9.06. The maximum Gasteiger partial charge on any atom is 0.357 e. The first-order chi connectivity index (χ1) is 8.31. The fourth-order valence-electron chi connectivity index (χ4n) is 1.80. The highest BCUT2D eigenvalue weighted by atomic mass is 32.1. The van der Waals surface area contributed by atoms with Crippen molar-refractivity contribution in [2.75, 3.05) is 6.61 Å². The summed E-state index contributed by atoms with van der Waals surface area (Å²) in [5, 5.41) is 1.67. The summed E-state index contributed by atoms with van der Waals surface area (Å²) in [5.41, 5.74) is 2.15. The zero-order chi connectivity index (χ0) is 11.8. The summed E-state index contributed by atoms with van der Waals surface area (Å²) < 4.78 is 12.3. The Balaban J connectivity index is 2.25. The number of hydrogen-bond acceptors (Lipinski definition) is 5. The molecule has 0 saturated heterocycles. The molecule has 1 aromatic carbocycles. The fourth-order valence-corrected chi connectivity index (χ4v) is 2.40. The second kappa shape index (κ2) is 3.81. The third-order valence-corrected chi connectivity index (χ3v) is 3.14. The summed E-state index contributed by atoms with van der Waals surface area (Å²) >= 11 is 1.28. The zero-order valence-corrected chi connectivity index (χ0v) is 9.87. The molecule has 0 saturated carbocycles. The van der Waals surface area contributed by atoms with Crippen LogP contribution in [0.3, 0.4) is 0 Å². The minimum Gasteiger partial charge on any atom is -0.461 e. The second-order valence-electron chi connectivity index (χ2n) is 3.53. The van der Waals surface area contributed by atoms with Crippen LogP contribution in [0.15, 0.2) is 18.3 Å². The number of benzene rings is 1. The summed E-state index contributed by atoms with van der Waals surface area (Å²) in [6.45, 7) is 2.12. The van der Waals surface area contributed by atoms with Crippen molar-refractivity contribution in [1.29, 1.82) is 0 Å². The monoisotopic (exact) mass is 247 g/mol. The van der Waals surface area contributed by atoms with Crippen molar-refractivity contribution in [2.45, 2.75) is 6.92 Å². The molecule has 3 aromatic rings. The molecule has 0 fully saturated rings. The fraction of sp³-hybridized carbons (Fsp3) is 0.182. The molecule has 0 radical (unpaired) electrons. The Hall–Kier alpha value is -1.95. The minimum atomic E-state index is -0.388. The van der Waals surface area contributed by atoms with Crippen LogP contribution in [-0.2, 0) is 4.74 Å². The van der Waals surface area contributed by atoms with E-state index in [4.69, 9.17) is 4.74 Å². The molecular formula is C11H9N3O2S. The molecule has 5 nitrogen and oxygen atoms in total. The number of fused-ring (bicyclic) bond motifs is 3. The summed E-state index contributed by atoms with van der Waals surface area (Å²) in [4.78, 5) is 15.8. The van der Waals surface area contributed by atoms with E-state index in [0.29, 0.717) is 12.3 Å². The van der Waals surface area contributed by atoms with E-state index in [-0.39, 0.29) is 5.97 Å². The molecule has 0 aliphatic rings. The topological polar surface area (TPSA) is 67.9 Å². The predicted molar refractivity (Wildman–Crippen MR) is 65.2 cm³/mol. The number of carbonyl (C=O) groups excluding carboxylic acids is 1. The van der Waals surface area contributed by atoms with E-state index in [0.717, 1.165) is 21.8 Å². The van der Waals surface area contributed by atoms with Crippen LogP contribution in [0.2, 0.25) is 0 Å². The lowest BCUT2D eigenvalue weighted by molar-refractivity contribution is 0.0522. The van der Waals surface area contributed by atoms with E-state index in [1.807, 2.05) is 12.1 Å². The normalized spacial score (nSPS) is 11.1. The van der Waals surface area contributed by atoms with Crippen molar-refractivity contribution in [1.82, 2.24) is 13.7 Å². The number of rotatable bonds is 2. The van der Waals surface area contributed by atoms with Crippen LogP contribution in [0, 0.1) is 0 Å². The van der Waals surface area contributed by atoms with Gasteiger partial charge in [-0.15, -0.1) is 0 Å². The largest absolute Gasteiger partial charge is 0.461 e. The minimum absolute atomic E-state index is 0.347. The Bertz CT molecular complexity index is 701. The lowest BCUT2D eigenvalue weighted by atomic mass is 10.1. The van der Waals surface area contributed by atoms with Crippen molar-refractivity contribution in [2.24, 2.45) is 0 Å². The van der Waals surface area contributed by atoms with Crippen molar-refractivity contribution >= 4 is 39.5 Å². The van der Waals surface area contributed by atoms with Gasteiger partial charge in [-0.3, -0.25) is 4.37 Å². The number of carbonyl (C=O) groups is 1. The Morgan fingerprint density at radius 1 is 1.47 bits per heavy atom. The Morgan fingerprint density at radius 3 is 3.18 bits per heavy atom. The first kappa shape index (κ1) is 10.2. The van der Waals surface area contributed by atoms with E-state index in [9.17, 15) is 4.79 Å². The van der Waals surface area contributed by atoms with E-state index < -0.39 is 0 Å². The number of H-pyrrole nitrogens is 1. The van der Waals surface area contributed by atoms with Gasteiger partial charge in [0.15, 0.2) is 5.69 Å². The highest BCUT2D eigenvalue weighted by Gasteiger charge is 2.16. The van der Waals surface area contributed by atoms with E-state index in [1.54, 1.807) is 13.1 Å². The van der Waals surface area contributed by atoms with Gasteiger partial charge in [0.25, 0.3) is 0 Å². The lowest BCUT2D eigenvalue weighted by Gasteiger charge is -1.98. The Labute approximate surface area is 101 Å². The van der Waals surface area contributed by atoms with Gasteiger partial charge in [-0.2, -0.15) is 4.37 Å². The molecule has 17 heavy (non-hydrogen) atoms. The Kier molecular flexibility index (Phi) is 2.29. The third-order valence-electron chi connectivity index (χ3n) is 2.56. The van der Waals surface area contributed by atoms with Crippen LogP contribution in [0.1, 0.15) is 17.4 Å². The summed E-state index contributed by atoms with van der Waals surface area (Å²) in [7, 11) is 0. The SMILES string of the molecule is CCOC(=O)c1ncc2c1ccc1[nH]snc12. The van der Waals surface area contributed by atoms with E-state index in [1.165, 1.54) is 11.7 Å². The molecular weight excluding hydrogens is 238 g/mol. The number of esters is 1. The first-order valence-electron chi connectivity index (χ1n) is 5.20. The van der Waals surface area contributed by atoms with Crippen molar-refractivity contribution in [3.63, 3.8) is 0 Å². The van der Waals surface area contributed by atoms with Gasteiger partial charge in [-0.1, -0.05) is 0 Å². The lowest BCUT2D eigenvalue weighted by Crippen LogP contribution is -2.05. The van der Waals surface area contributed by atoms with Gasteiger partial charge in [-0.05, 0) is 19.1 Å². The van der Waals surface area contributed by atoms with Crippen LogP contribution in [0.4, 0.5) is 0 Å². The van der Waals surface area contributed by atoms with Gasteiger partial charge >= 0.3 is 5.97 Å². The number of aromatic nitrogens is 3. The molecule has 2 heterocycles.